The van der Waals surface area contributed by atoms with Crippen molar-refractivity contribution in [3.8, 4) is 5.75 Å². The number of thioether (sulfide) groups is 1. The number of unbranched alkanes of at least 4 members (excludes halogenated alkanes) is 2. The number of phenolic OH excluding ortho intramolecular Hbond substituents is 1. The largest absolute Gasteiger partial charge is 0.508 e. The summed E-state index contributed by atoms with van der Waals surface area (Å²) in [6.07, 6.45) is 0.525. The lowest BCUT2D eigenvalue weighted by molar-refractivity contribution is -0.149. The molecule has 0 saturated carbocycles. The minimum absolute atomic E-state index is 0.000785. The zero-order chi connectivity index (χ0) is 95.4. The maximum atomic E-state index is 15.7. The van der Waals surface area contributed by atoms with Crippen LogP contribution in [0.15, 0.2) is 85.2 Å². The maximum Gasteiger partial charge on any atom is 0.245 e. The molecule has 714 valence electrons. The molecule has 0 unspecified atom stereocenters. The number of amides is 17. The number of aromatic nitrogens is 2. The van der Waals surface area contributed by atoms with Gasteiger partial charge in [-0.1, -0.05) is 88.1 Å². The van der Waals surface area contributed by atoms with Crippen molar-refractivity contribution < 1.29 is 96.8 Å². The molecule has 5 aromatic rings. The molecule has 0 aliphatic carbocycles. The van der Waals surface area contributed by atoms with E-state index in [0.717, 1.165) is 31.4 Å². The number of aliphatic hydroxyl groups excluding tert-OH is 2. The molecule has 131 heavy (non-hydrogen) atoms. The first kappa shape index (κ1) is 102. The quantitative estimate of drug-likeness (QED) is 0.0247. The Morgan fingerprint density at radius 1 is 0.542 bits per heavy atom. The van der Waals surface area contributed by atoms with E-state index < -0.39 is 248 Å². The highest BCUT2D eigenvalue weighted by Gasteiger charge is 2.46. The van der Waals surface area contributed by atoms with E-state index >= 15 is 33.6 Å². The number of rotatable bonds is 21. The van der Waals surface area contributed by atoms with Gasteiger partial charge in [-0.15, -0.1) is 11.8 Å². The Morgan fingerprint density at radius 2 is 1.10 bits per heavy atom. The Morgan fingerprint density at radius 3 is 1.74 bits per heavy atom. The highest BCUT2D eigenvalue weighted by molar-refractivity contribution is 8.00. The summed E-state index contributed by atoms with van der Waals surface area (Å²) >= 11 is 0.793. The smallest absolute Gasteiger partial charge is 0.245 e. The van der Waals surface area contributed by atoms with Crippen LogP contribution in [0.2, 0.25) is 0 Å². The van der Waals surface area contributed by atoms with Crippen molar-refractivity contribution >= 4 is 134 Å². The van der Waals surface area contributed by atoms with Crippen LogP contribution in [0, 0.1) is 0 Å². The monoisotopic (exact) mass is 1840 g/mol. The van der Waals surface area contributed by atoms with Crippen molar-refractivity contribution in [1.82, 2.24) is 98.3 Å². The number of aromatic hydroxyl groups is 1. The molecule has 17 amide bonds. The molecule has 43 heteroatoms. The second-order valence-corrected chi connectivity index (χ2v) is 34.8. The zero-order valence-corrected chi connectivity index (χ0v) is 75.7. The third kappa shape index (κ3) is 28.4. The van der Waals surface area contributed by atoms with Crippen LogP contribution in [-0.4, -0.2) is 319 Å². The third-order valence-corrected chi connectivity index (χ3v) is 25.1. The van der Waals surface area contributed by atoms with Crippen LogP contribution in [0.4, 0.5) is 0 Å². The number of nitrogens with zero attached hydrogens (tertiary/aromatic N) is 5. The van der Waals surface area contributed by atoms with E-state index in [4.69, 9.17) is 17.2 Å². The molecule has 3 aromatic carbocycles. The summed E-state index contributed by atoms with van der Waals surface area (Å²) in [7, 11) is 3.98. The molecule has 4 aliphatic heterocycles. The van der Waals surface area contributed by atoms with Gasteiger partial charge in [0, 0.05) is 113 Å². The number of likely N-dealkylation sites (N-methyl/N-ethyl adjacent to an activating group) is 3. The molecular formula is C88H126N22O20S. The van der Waals surface area contributed by atoms with Crippen LogP contribution in [0.25, 0.3) is 21.8 Å². The summed E-state index contributed by atoms with van der Waals surface area (Å²) < 4.78 is 0. The molecule has 0 spiro atoms. The van der Waals surface area contributed by atoms with E-state index in [1.54, 1.807) is 60.9 Å². The van der Waals surface area contributed by atoms with Crippen LogP contribution in [0.1, 0.15) is 141 Å². The van der Waals surface area contributed by atoms with Crippen LogP contribution in [-0.2, 0) is 101 Å². The number of carbonyl (C=O) groups is 17. The standard InChI is InChI=1S/C88H126N22O20S/c1-8-10-25-67-80(123)99-59(23-16-35-93-88(90)91)77(120)105-66(76(119)96-43-71(89)114)46-131-47-73(116)98-63(37-50-28-30-53(112)31-29-50)83(126)106(5)49(4)75(118)101-60-24-17-34-92-72(115)33-32-61(100-74(117)48(3)97-81(124)68-27-18-36-109(68)85(60)128)86(129)110-44-54(113)40-70(110)82(125)102-62(38-51-41-94-57-21-14-12-19-55(51)57)78(121)104-65(45-111)79(122)103-64(39-52-42-95-58-22-15-13-20-56(52)58)84(127)108(7)69(26-11-9-2)87(130)107(67)6/h12-15,19-22,28-31,41-42,48-49,54,59-70,88,93-95,111-113H,8-11,16-18,23-27,32-40,43-47,90-91H2,1-7H3,(H2,89,114)(H,92,115)(H,96,119)(H,97,124)(H,98,116)(H,99,123)(H,100,117)(H,101,118)(H,102,125)(H,103,122)(H,104,121)(H,105,120)/t48-,49-,54+,59-,60-,61-,62-,63-,64-,65-,66-,67-,68-,69-,70-/m0/s1. The number of hydrogen-bond donors (Lipinski definition) is 20. The van der Waals surface area contributed by atoms with Gasteiger partial charge in [0.05, 0.1) is 25.0 Å². The number of primary amides is 1. The van der Waals surface area contributed by atoms with Gasteiger partial charge in [-0.05, 0) is 119 Å². The molecule has 4 fully saturated rings. The fraction of sp³-hybridized carbons (Fsp3) is 0.557. The predicted octanol–water partition coefficient (Wildman–Crippen LogP) is -3.80. The van der Waals surface area contributed by atoms with Gasteiger partial charge in [0.2, 0.25) is 100 Å². The van der Waals surface area contributed by atoms with E-state index in [1.807, 2.05) is 13.8 Å². The van der Waals surface area contributed by atoms with Crippen LogP contribution < -0.4 is 81.0 Å². The van der Waals surface area contributed by atoms with E-state index in [0.29, 0.717) is 64.2 Å². The number of para-hydroxylation sites is 2. The fourth-order valence-corrected chi connectivity index (χ4v) is 17.3. The Balaban J connectivity index is 1.10. The molecule has 2 aromatic heterocycles. The van der Waals surface area contributed by atoms with Crippen molar-refractivity contribution in [2.24, 2.45) is 17.2 Å². The highest BCUT2D eigenvalue weighted by atomic mass is 32.2. The predicted molar refractivity (Wildman–Crippen MR) is 482 cm³/mol. The van der Waals surface area contributed by atoms with Gasteiger partial charge >= 0.3 is 0 Å². The molecule has 6 heterocycles. The Kier molecular flexibility index (Phi) is 38.4. The van der Waals surface area contributed by atoms with Gasteiger partial charge in [0.25, 0.3) is 0 Å². The fourth-order valence-electron chi connectivity index (χ4n) is 16.5. The van der Waals surface area contributed by atoms with Crippen LogP contribution >= 0.6 is 11.8 Å². The second-order valence-electron chi connectivity index (χ2n) is 33.7. The lowest BCUT2D eigenvalue weighted by Gasteiger charge is -2.36. The molecular weight excluding hydrogens is 1720 g/mol. The zero-order valence-electron chi connectivity index (χ0n) is 74.9. The Labute approximate surface area is 762 Å². The number of phenols is 1. The molecule has 23 N–H and O–H groups in total. The number of nitrogens with one attached hydrogen (secondary N) is 14. The first-order valence-corrected chi connectivity index (χ1v) is 45.6. The van der Waals surface area contributed by atoms with Gasteiger partial charge in [0.15, 0.2) is 0 Å². The molecule has 9 rings (SSSR count). The second kappa shape index (κ2) is 49.1. The Bertz CT molecular complexity index is 4900. The van der Waals surface area contributed by atoms with Gasteiger partial charge in [0.1, 0.15) is 96.6 Å². The highest BCUT2D eigenvalue weighted by Crippen LogP contribution is 2.28. The molecule has 42 nitrogen and oxygen atoms in total. The average molecular weight is 1840 g/mol. The van der Waals surface area contributed by atoms with Crippen molar-refractivity contribution in [3.63, 3.8) is 0 Å². The van der Waals surface area contributed by atoms with Crippen molar-refractivity contribution in [2.75, 3.05) is 72.0 Å². The summed E-state index contributed by atoms with van der Waals surface area (Å²) in [5.41, 5.74) is 19.8. The number of hydrogen-bond acceptors (Lipinski definition) is 24. The van der Waals surface area contributed by atoms with E-state index in [-0.39, 0.29) is 96.0 Å². The minimum atomic E-state index is -1.89. The van der Waals surface area contributed by atoms with Crippen LogP contribution in [0.5, 0.6) is 5.75 Å². The van der Waals surface area contributed by atoms with Gasteiger partial charge in [-0.25, -0.2) is 0 Å². The van der Waals surface area contributed by atoms with E-state index in [9.17, 15) is 63.3 Å². The minimum Gasteiger partial charge on any atom is -0.508 e. The lowest BCUT2D eigenvalue weighted by Crippen LogP contribution is -2.61. The van der Waals surface area contributed by atoms with Gasteiger partial charge < -0.3 is 125 Å². The number of H-pyrrole nitrogens is 2. The van der Waals surface area contributed by atoms with E-state index in [1.165, 1.54) is 64.2 Å². The normalized spacial score (nSPS) is 26.0. The first-order chi connectivity index (χ1) is 62.5. The number of aliphatic hydroxyl groups is 2. The first-order valence-electron chi connectivity index (χ1n) is 44.5. The summed E-state index contributed by atoms with van der Waals surface area (Å²) in [4.78, 5) is 262. The summed E-state index contributed by atoms with van der Waals surface area (Å²) in [5, 5.41) is 66.2. The molecule has 4 saturated heterocycles. The average Bonchev–Trinajstić information content (AvgIpc) is 1.64. The third-order valence-electron chi connectivity index (χ3n) is 24.1. The van der Waals surface area contributed by atoms with Gasteiger partial charge in [-0.2, -0.15) is 0 Å². The maximum absolute atomic E-state index is 15.7. The van der Waals surface area contributed by atoms with Crippen molar-refractivity contribution in [3.05, 3.63) is 102 Å². The SMILES string of the molecule is CCCC[C@H]1C(=O)N(C)[C@@H](CCCC)C(=O)N[C@@H](CCCNC(N)N)C(=O)N[C@H](C(=O)NCC(N)=O)CSCC(=O)N[C@@H](Cc2ccc(O)cc2)C(=O)N(C)[C@@H](C)C(=O)N[C@H]2CCCNC(=O)CC[C@H](NC(=O)[C@H](C)NC(=O)[C@@H]3CCCN3C2=O)C(=O)N2C[C@H](O)C[C@H]2C(=O)N[C@@H](Cc2c[nH]c3ccccc23)C(=O)N[C@@H](CO)C(=O)N[C@@H](Cc2c[nH]c3ccccc23)C(=O)N1C. The molecule has 15 atom stereocenters. The topological polar surface area (TPSA) is 621 Å². The Hall–Kier alpha value is -12.3. The molecule has 0 radical (unpaired) electrons. The number of aromatic amines is 2. The van der Waals surface area contributed by atoms with E-state index in [2.05, 4.69) is 73.8 Å². The molecule has 4 aliphatic rings. The molecule has 2 bridgehead atoms. The summed E-state index contributed by atoms with van der Waals surface area (Å²) in [5.74, 6) is -16.2. The number of benzene rings is 3. The van der Waals surface area contributed by atoms with Crippen LogP contribution in [0.3, 0.4) is 0 Å². The number of carbonyl (C=O) groups excluding carboxylic acids is 17. The van der Waals surface area contributed by atoms with Crippen molar-refractivity contribution in [2.45, 2.75) is 240 Å². The van der Waals surface area contributed by atoms with Gasteiger partial charge in [-0.3, -0.25) is 86.8 Å². The summed E-state index contributed by atoms with van der Waals surface area (Å²) in [6, 6.07) is -1.43. The lowest BCUT2D eigenvalue weighted by atomic mass is 10.00. The number of nitrogens with two attached hydrogens (primary N) is 3. The number of fused-ring (bicyclic) bond motifs is 12. The van der Waals surface area contributed by atoms with Crippen molar-refractivity contribution in [1.29, 1.82) is 0 Å². The summed E-state index contributed by atoms with van der Waals surface area (Å²) in [6.45, 7) is 4.00.